The zero-order valence-corrected chi connectivity index (χ0v) is 13.2. The number of nitrogens with zero attached hydrogens (tertiary/aromatic N) is 2. The molecule has 6 nitrogen and oxygen atoms in total. The number of piperazine rings is 1. The van der Waals surface area contributed by atoms with Crippen LogP contribution in [0.4, 0.5) is 5.69 Å². The average molecular weight is 321 g/mol. The van der Waals surface area contributed by atoms with Gasteiger partial charge in [0.25, 0.3) is 10.0 Å². The topological polar surface area (TPSA) is 63.6 Å². The smallest absolute Gasteiger partial charge is 0.267 e. The van der Waals surface area contributed by atoms with Crippen LogP contribution in [-0.2, 0) is 10.0 Å². The van der Waals surface area contributed by atoms with Gasteiger partial charge in [-0.1, -0.05) is 0 Å². The van der Waals surface area contributed by atoms with Crippen molar-refractivity contribution in [1.82, 2.24) is 9.29 Å². The Morgan fingerprint density at radius 1 is 1.09 bits per heavy atom. The standard InChI is InChI=1S/C15H19N3O3S/c1-21-14-2-4-15(5-3-14)22(19,20)18-9-6-13(12-18)17-10-7-16-8-11-17/h2-6,9,12,16H,7-8,10-11H2,1H3. The van der Waals surface area contributed by atoms with Gasteiger partial charge in [-0.05, 0) is 30.3 Å². The number of ether oxygens (including phenoxy) is 1. The summed E-state index contributed by atoms with van der Waals surface area (Å²) < 4.78 is 31.6. The lowest BCUT2D eigenvalue weighted by Gasteiger charge is -2.28. The number of anilines is 1. The molecule has 3 rings (SSSR count). The quantitative estimate of drug-likeness (QED) is 0.915. The fourth-order valence-corrected chi connectivity index (χ4v) is 3.69. The lowest BCUT2D eigenvalue weighted by Crippen LogP contribution is -2.43. The fourth-order valence-electron chi connectivity index (χ4n) is 2.50. The molecule has 1 aliphatic heterocycles. The first-order chi connectivity index (χ1) is 10.6. The van der Waals surface area contributed by atoms with Gasteiger partial charge in [0, 0.05) is 38.6 Å². The summed E-state index contributed by atoms with van der Waals surface area (Å²) in [5, 5.41) is 3.28. The Bertz CT molecular complexity index is 732. The average Bonchev–Trinajstić information content (AvgIpc) is 3.06. The summed E-state index contributed by atoms with van der Waals surface area (Å²) in [6, 6.07) is 8.24. The van der Waals surface area contributed by atoms with Gasteiger partial charge in [0.15, 0.2) is 0 Å². The number of methoxy groups -OCH3 is 1. The van der Waals surface area contributed by atoms with Gasteiger partial charge >= 0.3 is 0 Å². The first kappa shape index (κ1) is 14.9. The predicted octanol–water partition coefficient (Wildman–Crippen LogP) is 1.14. The Hall–Kier alpha value is -1.99. The summed E-state index contributed by atoms with van der Waals surface area (Å²) in [6.45, 7) is 3.59. The van der Waals surface area contributed by atoms with Crippen molar-refractivity contribution in [2.45, 2.75) is 4.90 Å². The van der Waals surface area contributed by atoms with Gasteiger partial charge in [0.1, 0.15) is 5.75 Å². The summed E-state index contributed by atoms with van der Waals surface area (Å²) in [4.78, 5) is 2.42. The third-order valence-corrected chi connectivity index (χ3v) is 5.42. The Kier molecular flexibility index (Phi) is 4.08. The van der Waals surface area contributed by atoms with Crippen LogP contribution >= 0.6 is 0 Å². The van der Waals surface area contributed by atoms with Gasteiger partial charge in [0.05, 0.1) is 17.7 Å². The highest BCUT2D eigenvalue weighted by molar-refractivity contribution is 7.90. The summed E-state index contributed by atoms with van der Waals surface area (Å²) in [5.41, 5.74) is 0.929. The normalized spacial score (nSPS) is 15.8. The molecule has 2 aromatic rings. The lowest BCUT2D eigenvalue weighted by molar-refractivity contribution is 0.414. The van der Waals surface area contributed by atoms with E-state index >= 15 is 0 Å². The van der Waals surface area contributed by atoms with E-state index in [4.69, 9.17) is 4.74 Å². The monoisotopic (exact) mass is 321 g/mol. The molecule has 7 heteroatoms. The first-order valence-corrected chi connectivity index (χ1v) is 8.58. The van der Waals surface area contributed by atoms with Crippen molar-refractivity contribution in [3.05, 3.63) is 42.7 Å². The van der Waals surface area contributed by atoms with Gasteiger partial charge < -0.3 is 15.0 Å². The molecule has 0 aliphatic carbocycles. The zero-order chi connectivity index (χ0) is 15.6. The van der Waals surface area contributed by atoms with Crippen molar-refractivity contribution >= 4 is 15.7 Å². The largest absolute Gasteiger partial charge is 0.497 e. The summed E-state index contributed by atoms with van der Waals surface area (Å²) in [6.07, 6.45) is 3.27. The molecule has 0 radical (unpaired) electrons. The van der Waals surface area contributed by atoms with Crippen LogP contribution in [0.1, 0.15) is 0 Å². The van der Waals surface area contributed by atoms with Gasteiger partial charge in [0.2, 0.25) is 0 Å². The summed E-state index contributed by atoms with van der Waals surface area (Å²) in [7, 11) is -2.01. The summed E-state index contributed by atoms with van der Waals surface area (Å²) >= 11 is 0. The SMILES string of the molecule is COc1ccc(S(=O)(=O)n2ccc(N3CCNCC3)c2)cc1. The Morgan fingerprint density at radius 2 is 1.77 bits per heavy atom. The number of rotatable bonds is 4. The van der Waals surface area contributed by atoms with E-state index in [2.05, 4.69) is 10.2 Å². The number of hydrogen-bond acceptors (Lipinski definition) is 5. The Morgan fingerprint density at radius 3 is 2.41 bits per heavy atom. The molecular formula is C15H19N3O3S. The Labute approximate surface area is 130 Å². The summed E-state index contributed by atoms with van der Waals surface area (Å²) in [5.74, 6) is 0.632. The number of nitrogens with one attached hydrogen (secondary N) is 1. The minimum atomic E-state index is -3.56. The number of aromatic nitrogens is 1. The molecule has 1 aromatic carbocycles. The van der Waals surface area contributed by atoms with E-state index in [0.717, 1.165) is 31.9 Å². The van der Waals surface area contributed by atoms with Crippen molar-refractivity contribution < 1.29 is 13.2 Å². The van der Waals surface area contributed by atoms with E-state index in [-0.39, 0.29) is 4.90 Å². The highest BCUT2D eigenvalue weighted by atomic mass is 32.2. The van der Waals surface area contributed by atoms with E-state index in [1.807, 2.05) is 6.07 Å². The van der Waals surface area contributed by atoms with Crippen molar-refractivity contribution in [2.75, 3.05) is 38.2 Å². The van der Waals surface area contributed by atoms with Crippen LogP contribution in [-0.4, -0.2) is 45.7 Å². The highest BCUT2D eigenvalue weighted by Crippen LogP contribution is 2.22. The molecular weight excluding hydrogens is 302 g/mol. The van der Waals surface area contributed by atoms with Gasteiger partial charge in [-0.2, -0.15) is 0 Å². The van der Waals surface area contributed by atoms with Gasteiger partial charge in [-0.25, -0.2) is 12.4 Å². The molecule has 0 unspecified atom stereocenters. The van der Waals surface area contributed by atoms with Gasteiger partial charge in [-0.15, -0.1) is 0 Å². The lowest BCUT2D eigenvalue weighted by atomic mass is 10.3. The van der Waals surface area contributed by atoms with Crippen LogP contribution < -0.4 is 15.0 Å². The number of benzene rings is 1. The molecule has 2 heterocycles. The van der Waals surface area contributed by atoms with Crippen LogP contribution in [0.25, 0.3) is 0 Å². The van der Waals surface area contributed by atoms with Crippen LogP contribution in [0.5, 0.6) is 5.75 Å². The molecule has 1 aromatic heterocycles. The molecule has 1 fully saturated rings. The van der Waals surface area contributed by atoms with E-state index in [0.29, 0.717) is 5.75 Å². The second-order valence-electron chi connectivity index (χ2n) is 5.12. The molecule has 0 spiro atoms. The molecule has 22 heavy (non-hydrogen) atoms. The van der Waals surface area contributed by atoms with Crippen molar-refractivity contribution in [2.24, 2.45) is 0 Å². The molecule has 1 aliphatic rings. The predicted molar refractivity (Wildman–Crippen MR) is 85.1 cm³/mol. The van der Waals surface area contributed by atoms with Crippen molar-refractivity contribution in [3.8, 4) is 5.75 Å². The van der Waals surface area contributed by atoms with Crippen LogP contribution in [0.15, 0.2) is 47.6 Å². The molecule has 0 atom stereocenters. The molecule has 0 amide bonds. The maximum absolute atomic E-state index is 12.6. The molecule has 0 bridgehead atoms. The highest BCUT2D eigenvalue weighted by Gasteiger charge is 2.19. The number of hydrogen-bond donors (Lipinski definition) is 1. The minimum Gasteiger partial charge on any atom is -0.497 e. The van der Waals surface area contributed by atoms with Crippen LogP contribution in [0.3, 0.4) is 0 Å². The fraction of sp³-hybridized carbons (Fsp3) is 0.333. The molecule has 1 N–H and O–H groups in total. The molecule has 118 valence electrons. The second-order valence-corrected chi connectivity index (χ2v) is 6.96. The van der Waals surface area contributed by atoms with Gasteiger partial charge in [-0.3, -0.25) is 0 Å². The molecule has 0 saturated carbocycles. The van der Waals surface area contributed by atoms with Crippen molar-refractivity contribution in [1.29, 1.82) is 0 Å². The maximum Gasteiger partial charge on any atom is 0.267 e. The maximum atomic E-state index is 12.6. The first-order valence-electron chi connectivity index (χ1n) is 7.14. The van der Waals surface area contributed by atoms with E-state index < -0.39 is 10.0 Å². The van der Waals surface area contributed by atoms with Crippen LogP contribution in [0, 0.1) is 0 Å². The molecule has 1 saturated heterocycles. The second kappa shape index (κ2) is 6.02. The third-order valence-electron chi connectivity index (χ3n) is 3.77. The van der Waals surface area contributed by atoms with E-state index in [9.17, 15) is 8.42 Å². The van der Waals surface area contributed by atoms with Crippen LogP contribution in [0.2, 0.25) is 0 Å². The van der Waals surface area contributed by atoms with E-state index in [1.54, 1.807) is 43.8 Å². The third kappa shape index (κ3) is 2.82. The Balaban J connectivity index is 1.87. The van der Waals surface area contributed by atoms with Crippen molar-refractivity contribution in [3.63, 3.8) is 0 Å². The van der Waals surface area contributed by atoms with E-state index in [1.165, 1.54) is 3.97 Å². The zero-order valence-electron chi connectivity index (χ0n) is 12.4. The minimum absolute atomic E-state index is 0.246.